The lowest BCUT2D eigenvalue weighted by Crippen LogP contribution is -2.07. The zero-order valence-electron chi connectivity index (χ0n) is 20.6. The number of alkyl halides is 3. The average Bonchev–Trinajstić information content (AvgIpc) is 3.22. The van der Waals surface area contributed by atoms with E-state index in [-0.39, 0.29) is 50.4 Å². The lowest BCUT2D eigenvalue weighted by atomic mass is 10.0. The molecular formula is C29H16ClF3N4O4. The number of carbonyl (C=O) groups is 1. The number of nitrogens with zero attached hydrogens (tertiary/aromatic N) is 4. The monoisotopic (exact) mass is 576 g/mol. The van der Waals surface area contributed by atoms with Crippen molar-refractivity contribution in [2.75, 3.05) is 0 Å². The van der Waals surface area contributed by atoms with Crippen molar-refractivity contribution in [3.05, 3.63) is 101 Å². The number of azo groups is 1. The molecule has 0 bridgehead atoms. The molecule has 0 radical (unpaired) electrons. The predicted molar refractivity (Wildman–Crippen MR) is 144 cm³/mol. The van der Waals surface area contributed by atoms with E-state index in [2.05, 4.69) is 10.2 Å². The van der Waals surface area contributed by atoms with Crippen LogP contribution in [0, 0.1) is 11.3 Å². The molecule has 204 valence electrons. The molecule has 12 heteroatoms. The lowest BCUT2D eigenvalue weighted by molar-refractivity contribution is -0.137. The molecule has 5 rings (SSSR count). The van der Waals surface area contributed by atoms with Crippen LogP contribution in [0.2, 0.25) is 5.02 Å². The first-order chi connectivity index (χ1) is 19.5. The van der Waals surface area contributed by atoms with Gasteiger partial charge in [0, 0.05) is 16.6 Å². The Morgan fingerprint density at radius 3 is 2.41 bits per heavy atom. The van der Waals surface area contributed by atoms with E-state index < -0.39 is 28.6 Å². The third kappa shape index (κ3) is 5.04. The van der Waals surface area contributed by atoms with Gasteiger partial charge in [0.2, 0.25) is 5.88 Å². The molecule has 0 atom stereocenters. The number of fused-ring (bicyclic) bond motifs is 1. The lowest BCUT2D eigenvalue weighted by Gasteiger charge is -2.13. The number of phenols is 1. The highest BCUT2D eigenvalue weighted by atomic mass is 35.5. The number of para-hydroxylation sites is 1. The Balaban J connectivity index is 1.65. The van der Waals surface area contributed by atoms with Gasteiger partial charge in [0.05, 0.1) is 33.3 Å². The molecule has 1 aromatic heterocycles. The molecular weight excluding hydrogens is 561 g/mol. The van der Waals surface area contributed by atoms with Gasteiger partial charge < -0.3 is 15.3 Å². The van der Waals surface area contributed by atoms with Gasteiger partial charge in [-0.2, -0.15) is 18.4 Å². The second-order valence-corrected chi connectivity index (χ2v) is 9.18. The van der Waals surface area contributed by atoms with E-state index in [1.165, 1.54) is 48.5 Å². The second-order valence-electron chi connectivity index (χ2n) is 8.77. The van der Waals surface area contributed by atoms with Crippen LogP contribution in [-0.4, -0.2) is 25.9 Å². The highest BCUT2D eigenvalue weighted by molar-refractivity contribution is 6.31. The topological polar surface area (TPSA) is 131 Å². The Bertz CT molecular complexity index is 1930. The van der Waals surface area contributed by atoms with Crippen LogP contribution in [0.4, 0.5) is 24.5 Å². The van der Waals surface area contributed by atoms with Crippen molar-refractivity contribution >= 4 is 39.8 Å². The maximum absolute atomic E-state index is 13.6. The Morgan fingerprint density at radius 2 is 1.71 bits per heavy atom. The first-order valence-corrected chi connectivity index (χ1v) is 12.1. The largest absolute Gasteiger partial charge is 0.505 e. The normalized spacial score (nSPS) is 11.7. The fourth-order valence-corrected chi connectivity index (χ4v) is 4.55. The third-order valence-corrected chi connectivity index (χ3v) is 6.58. The Kier molecular flexibility index (Phi) is 6.86. The highest BCUT2D eigenvalue weighted by Crippen LogP contribution is 2.45. The average molecular weight is 577 g/mol. The summed E-state index contributed by atoms with van der Waals surface area (Å²) in [4.78, 5) is 11.4. The minimum absolute atomic E-state index is 0.0132. The van der Waals surface area contributed by atoms with E-state index in [1.807, 2.05) is 6.07 Å². The third-order valence-electron chi connectivity index (χ3n) is 6.25. The molecule has 0 aliphatic carbocycles. The van der Waals surface area contributed by atoms with E-state index in [0.29, 0.717) is 5.56 Å². The number of aromatic nitrogens is 1. The van der Waals surface area contributed by atoms with E-state index in [0.717, 1.165) is 16.7 Å². The van der Waals surface area contributed by atoms with Crippen LogP contribution >= 0.6 is 11.6 Å². The van der Waals surface area contributed by atoms with Crippen LogP contribution in [0.1, 0.15) is 21.5 Å². The van der Waals surface area contributed by atoms with Crippen LogP contribution in [0.25, 0.3) is 27.7 Å². The summed E-state index contributed by atoms with van der Waals surface area (Å²) >= 11 is 5.77. The summed E-state index contributed by atoms with van der Waals surface area (Å²) in [6.07, 6.45) is -4.77. The predicted octanol–water partition coefficient (Wildman–Crippen LogP) is 8.37. The minimum atomic E-state index is -4.77. The molecule has 5 aromatic rings. The Morgan fingerprint density at radius 1 is 0.951 bits per heavy atom. The summed E-state index contributed by atoms with van der Waals surface area (Å²) in [5.41, 5.74) is -0.321. The minimum Gasteiger partial charge on any atom is -0.505 e. The van der Waals surface area contributed by atoms with Crippen LogP contribution in [-0.2, 0) is 6.18 Å². The summed E-state index contributed by atoms with van der Waals surface area (Å²) in [6, 6.07) is 19.8. The summed E-state index contributed by atoms with van der Waals surface area (Å²) in [5.74, 6) is -2.03. The van der Waals surface area contributed by atoms with Crippen LogP contribution in [0.3, 0.4) is 0 Å². The molecule has 0 saturated heterocycles. The van der Waals surface area contributed by atoms with Gasteiger partial charge in [-0.15, -0.1) is 10.2 Å². The summed E-state index contributed by atoms with van der Waals surface area (Å²) in [5, 5.41) is 48.6. The van der Waals surface area contributed by atoms with Crippen molar-refractivity contribution in [2.45, 2.75) is 6.18 Å². The first-order valence-electron chi connectivity index (χ1n) is 11.7. The number of nitriles is 1. The second kappa shape index (κ2) is 10.3. The standard InChI is InChI=1S/C29H16ClF3N4O4/c30-22-10-8-18(13-21(22)29(31,32)33)37-24-11-15(14-34)7-9-20(24)25(27(37)39)36-35-23-6-2-5-19(26(23)38)16-3-1-4-17(12-16)28(40)41/h1-13,38-39H,(H,40,41). The van der Waals surface area contributed by atoms with Crippen LogP contribution < -0.4 is 0 Å². The number of rotatable bonds is 5. The van der Waals surface area contributed by atoms with Crippen LogP contribution in [0.5, 0.6) is 11.6 Å². The molecule has 0 amide bonds. The van der Waals surface area contributed by atoms with Crippen molar-refractivity contribution in [3.8, 4) is 34.5 Å². The molecule has 41 heavy (non-hydrogen) atoms. The van der Waals surface area contributed by atoms with Gasteiger partial charge in [0.15, 0.2) is 11.4 Å². The molecule has 3 N–H and O–H groups in total. The molecule has 8 nitrogen and oxygen atoms in total. The highest BCUT2D eigenvalue weighted by Gasteiger charge is 2.34. The van der Waals surface area contributed by atoms with Crippen molar-refractivity contribution < 1.29 is 33.3 Å². The molecule has 0 unspecified atom stereocenters. The van der Waals surface area contributed by atoms with E-state index in [1.54, 1.807) is 18.2 Å². The number of carboxylic acids is 1. The zero-order valence-corrected chi connectivity index (χ0v) is 21.3. The molecule has 0 aliphatic heterocycles. The number of aromatic carboxylic acids is 1. The molecule has 0 spiro atoms. The smallest absolute Gasteiger partial charge is 0.417 e. The quantitative estimate of drug-likeness (QED) is 0.181. The maximum atomic E-state index is 13.6. The van der Waals surface area contributed by atoms with Crippen molar-refractivity contribution in [1.29, 1.82) is 5.26 Å². The van der Waals surface area contributed by atoms with Gasteiger partial charge in [0.1, 0.15) is 5.69 Å². The van der Waals surface area contributed by atoms with Gasteiger partial charge in [-0.25, -0.2) is 4.79 Å². The molecule has 0 aliphatic rings. The van der Waals surface area contributed by atoms with Crippen molar-refractivity contribution in [1.82, 2.24) is 4.57 Å². The van der Waals surface area contributed by atoms with Crippen LogP contribution in [0.15, 0.2) is 89.1 Å². The van der Waals surface area contributed by atoms with E-state index >= 15 is 0 Å². The van der Waals surface area contributed by atoms with Crippen molar-refractivity contribution in [2.24, 2.45) is 10.2 Å². The van der Waals surface area contributed by atoms with Gasteiger partial charge in [-0.1, -0.05) is 35.9 Å². The van der Waals surface area contributed by atoms with Crippen molar-refractivity contribution in [3.63, 3.8) is 0 Å². The fraction of sp³-hybridized carbons (Fsp3) is 0.0345. The van der Waals surface area contributed by atoms with E-state index in [9.17, 15) is 38.5 Å². The summed E-state index contributed by atoms with van der Waals surface area (Å²) < 4.78 is 41.8. The number of benzene rings is 4. The number of halogens is 4. The van der Waals surface area contributed by atoms with Gasteiger partial charge in [-0.3, -0.25) is 4.57 Å². The number of carboxylic acid groups (broad SMARTS) is 1. The molecule has 1 heterocycles. The molecule has 4 aromatic carbocycles. The van der Waals surface area contributed by atoms with Gasteiger partial charge in [0.25, 0.3) is 0 Å². The summed E-state index contributed by atoms with van der Waals surface area (Å²) in [6.45, 7) is 0. The zero-order chi connectivity index (χ0) is 29.5. The van der Waals surface area contributed by atoms with Gasteiger partial charge in [-0.05, 0) is 60.2 Å². The number of hydrogen-bond donors (Lipinski definition) is 3. The number of phenolic OH excluding ortho intramolecular Hbond substituents is 1. The molecule has 0 saturated carbocycles. The Hall–Kier alpha value is -5.34. The Labute approximate surface area is 234 Å². The SMILES string of the molecule is N#Cc1ccc2c(N=Nc3cccc(-c4cccc(C(=O)O)c4)c3O)c(O)n(-c3ccc(Cl)c(C(F)(F)F)c3)c2c1. The first kappa shape index (κ1) is 27.2. The number of aromatic hydroxyl groups is 2. The summed E-state index contributed by atoms with van der Waals surface area (Å²) in [7, 11) is 0. The molecule has 0 fully saturated rings. The maximum Gasteiger partial charge on any atom is 0.417 e. The van der Waals surface area contributed by atoms with E-state index in [4.69, 9.17) is 11.6 Å². The van der Waals surface area contributed by atoms with Gasteiger partial charge >= 0.3 is 12.1 Å². The number of hydrogen-bond acceptors (Lipinski definition) is 6. The fourth-order valence-electron chi connectivity index (χ4n) is 4.33.